The van der Waals surface area contributed by atoms with E-state index in [4.69, 9.17) is 0 Å². The molecule has 1 aromatic carbocycles. The zero-order valence-corrected chi connectivity index (χ0v) is 12.3. The van der Waals surface area contributed by atoms with E-state index in [1.54, 1.807) is 29.1 Å². The Balaban J connectivity index is 2.17. The number of hydrogen-bond acceptors (Lipinski definition) is 2. The molecule has 1 heterocycles. The van der Waals surface area contributed by atoms with Gasteiger partial charge in [-0.25, -0.2) is 4.79 Å². The molecule has 0 saturated heterocycles. The number of hydrogen-bond donors (Lipinski definition) is 0. The highest BCUT2D eigenvalue weighted by Crippen LogP contribution is 2.12. The fraction of sp³-hybridized carbons (Fsp3) is 0.286. The first kappa shape index (κ1) is 13.8. The van der Waals surface area contributed by atoms with Gasteiger partial charge in [0.1, 0.15) is 0 Å². The summed E-state index contributed by atoms with van der Waals surface area (Å²) in [6, 6.07) is 7.18. The van der Waals surface area contributed by atoms with Gasteiger partial charge in [-0.15, -0.1) is 0 Å². The Labute approximate surface area is 119 Å². The Hall–Kier alpha value is -1.62. The highest BCUT2D eigenvalue weighted by molar-refractivity contribution is 9.10. The number of rotatable bonds is 5. The van der Waals surface area contributed by atoms with Crippen molar-refractivity contribution in [1.82, 2.24) is 9.13 Å². The molecule has 0 unspecified atom stereocenters. The van der Waals surface area contributed by atoms with E-state index in [0.717, 1.165) is 10.9 Å². The monoisotopic (exact) mass is 322 g/mol. The number of benzene rings is 1. The average molecular weight is 323 g/mol. The molecule has 0 bridgehead atoms. The number of ketones is 1. The van der Waals surface area contributed by atoms with Crippen LogP contribution in [0.15, 0.2) is 45.9 Å². The van der Waals surface area contributed by atoms with Gasteiger partial charge < -0.3 is 0 Å². The van der Waals surface area contributed by atoms with E-state index in [9.17, 15) is 9.59 Å². The van der Waals surface area contributed by atoms with Crippen molar-refractivity contribution >= 4 is 21.7 Å². The van der Waals surface area contributed by atoms with Gasteiger partial charge in [-0.3, -0.25) is 13.9 Å². The number of nitrogens with zero attached hydrogens (tertiary/aromatic N) is 2. The van der Waals surface area contributed by atoms with Crippen molar-refractivity contribution < 1.29 is 4.79 Å². The van der Waals surface area contributed by atoms with Crippen LogP contribution in [0.5, 0.6) is 0 Å². The van der Waals surface area contributed by atoms with Gasteiger partial charge in [0.25, 0.3) is 0 Å². The highest BCUT2D eigenvalue weighted by atomic mass is 79.9. The van der Waals surface area contributed by atoms with E-state index in [-0.39, 0.29) is 18.0 Å². The minimum absolute atomic E-state index is 0.0716. The molecule has 2 rings (SSSR count). The van der Waals surface area contributed by atoms with Crippen molar-refractivity contribution in [3.63, 3.8) is 0 Å². The second-order valence-corrected chi connectivity index (χ2v) is 5.25. The molecule has 0 aliphatic carbocycles. The van der Waals surface area contributed by atoms with E-state index >= 15 is 0 Å². The molecule has 4 nitrogen and oxygen atoms in total. The van der Waals surface area contributed by atoms with Crippen molar-refractivity contribution in [2.75, 3.05) is 0 Å². The molecule has 19 heavy (non-hydrogen) atoms. The molecule has 0 spiro atoms. The summed E-state index contributed by atoms with van der Waals surface area (Å²) in [6.07, 6.45) is 4.28. The van der Waals surface area contributed by atoms with E-state index in [2.05, 4.69) is 15.9 Å². The lowest BCUT2D eigenvalue weighted by atomic mass is 10.1. The second kappa shape index (κ2) is 6.02. The second-order valence-electron chi connectivity index (χ2n) is 4.34. The Kier molecular flexibility index (Phi) is 4.37. The first-order chi connectivity index (χ1) is 9.11. The van der Waals surface area contributed by atoms with E-state index in [0.29, 0.717) is 12.1 Å². The van der Waals surface area contributed by atoms with Crippen LogP contribution in [0.3, 0.4) is 0 Å². The minimum Gasteiger partial charge on any atom is -0.299 e. The Morgan fingerprint density at radius 3 is 2.68 bits per heavy atom. The SMILES string of the molecule is CCCn1ccn(CC(=O)c2cccc(Br)c2)c1=O. The normalized spacial score (nSPS) is 10.6. The predicted octanol–water partition coefficient (Wildman–Crippen LogP) is 2.71. The van der Waals surface area contributed by atoms with Crippen molar-refractivity contribution in [3.05, 3.63) is 57.2 Å². The Morgan fingerprint density at radius 2 is 2.00 bits per heavy atom. The van der Waals surface area contributed by atoms with Gasteiger partial charge in [-0.1, -0.05) is 35.0 Å². The zero-order chi connectivity index (χ0) is 13.8. The van der Waals surface area contributed by atoms with Gasteiger partial charge in [0.05, 0.1) is 6.54 Å². The van der Waals surface area contributed by atoms with Gasteiger partial charge in [0, 0.05) is 29.0 Å². The molecular formula is C14H15BrN2O2. The fourth-order valence-corrected chi connectivity index (χ4v) is 2.29. The van der Waals surface area contributed by atoms with E-state index in [1.807, 2.05) is 19.1 Å². The highest BCUT2D eigenvalue weighted by Gasteiger charge is 2.10. The molecule has 0 saturated carbocycles. The summed E-state index contributed by atoms with van der Waals surface area (Å²) in [7, 11) is 0. The van der Waals surface area contributed by atoms with Crippen LogP contribution < -0.4 is 5.69 Å². The third-order valence-corrected chi connectivity index (χ3v) is 3.34. The molecule has 0 aliphatic heterocycles. The standard InChI is InChI=1S/C14H15BrN2O2/c1-2-6-16-7-8-17(14(16)19)10-13(18)11-4-3-5-12(15)9-11/h3-5,7-9H,2,6,10H2,1H3. The average Bonchev–Trinajstić information content (AvgIpc) is 2.72. The lowest BCUT2D eigenvalue weighted by Gasteiger charge is -2.02. The first-order valence-corrected chi connectivity index (χ1v) is 6.95. The van der Waals surface area contributed by atoms with Crippen LogP contribution in [0.2, 0.25) is 0 Å². The predicted molar refractivity (Wildman–Crippen MR) is 77.5 cm³/mol. The van der Waals surface area contributed by atoms with Gasteiger partial charge in [0.15, 0.2) is 5.78 Å². The van der Waals surface area contributed by atoms with Crippen LogP contribution in [-0.4, -0.2) is 14.9 Å². The van der Waals surface area contributed by atoms with Crippen LogP contribution >= 0.6 is 15.9 Å². The maximum Gasteiger partial charge on any atom is 0.328 e. The Morgan fingerprint density at radius 1 is 1.26 bits per heavy atom. The number of halogens is 1. The molecule has 0 amide bonds. The summed E-state index contributed by atoms with van der Waals surface area (Å²) >= 11 is 3.33. The van der Waals surface area contributed by atoms with Crippen LogP contribution in [0, 0.1) is 0 Å². The smallest absolute Gasteiger partial charge is 0.299 e. The Bertz CT molecular complexity index is 643. The van der Waals surface area contributed by atoms with Gasteiger partial charge in [-0.2, -0.15) is 0 Å². The maximum atomic E-state index is 12.1. The molecular weight excluding hydrogens is 308 g/mol. The summed E-state index contributed by atoms with van der Waals surface area (Å²) in [5.41, 5.74) is 0.467. The molecule has 0 atom stereocenters. The summed E-state index contributed by atoms with van der Waals surface area (Å²) in [6.45, 7) is 2.76. The molecule has 0 aliphatic rings. The van der Waals surface area contributed by atoms with Crippen molar-refractivity contribution in [3.8, 4) is 0 Å². The molecule has 0 fully saturated rings. The third-order valence-electron chi connectivity index (χ3n) is 2.84. The largest absolute Gasteiger partial charge is 0.328 e. The quantitative estimate of drug-likeness (QED) is 0.794. The van der Waals surface area contributed by atoms with Gasteiger partial charge >= 0.3 is 5.69 Å². The first-order valence-electron chi connectivity index (χ1n) is 6.16. The molecule has 0 N–H and O–H groups in total. The number of Topliss-reactive ketones (excluding diaryl/α,β-unsaturated/α-hetero) is 1. The molecule has 5 heteroatoms. The summed E-state index contributed by atoms with van der Waals surface area (Å²) in [4.78, 5) is 24.1. The lowest BCUT2D eigenvalue weighted by molar-refractivity contribution is 0.0970. The third kappa shape index (κ3) is 3.23. The zero-order valence-electron chi connectivity index (χ0n) is 10.7. The molecule has 2 aromatic rings. The number of carbonyl (C=O) groups excluding carboxylic acids is 1. The summed E-state index contributed by atoms with van der Waals surface area (Å²) in [5, 5.41) is 0. The van der Waals surface area contributed by atoms with Crippen molar-refractivity contribution in [2.45, 2.75) is 26.4 Å². The van der Waals surface area contributed by atoms with Crippen molar-refractivity contribution in [1.29, 1.82) is 0 Å². The van der Waals surface area contributed by atoms with E-state index in [1.165, 1.54) is 4.57 Å². The van der Waals surface area contributed by atoms with Crippen LogP contribution in [0.25, 0.3) is 0 Å². The molecule has 100 valence electrons. The lowest BCUT2D eigenvalue weighted by Crippen LogP contribution is -2.26. The number of aromatic nitrogens is 2. The topological polar surface area (TPSA) is 44.0 Å². The number of aryl methyl sites for hydroxylation is 1. The van der Waals surface area contributed by atoms with Gasteiger partial charge in [-0.05, 0) is 18.6 Å². The molecule has 1 aromatic heterocycles. The number of carbonyl (C=O) groups is 1. The van der Waals surface area contributed by atoms with E-state index < -0.39 is 0 Å². The maximum absolute atomic E-state index is 12.1. The minimum atomic E-state index is -0.134. The summed E-state index contributed by atoms with van der Waals surface area (Å²) < 4.78 is 3.92. The molecule has 0 radical (unpaired) electrons. The fourth-order valence-electron chi connectivity index (χ4n) is 1.89. The van der Waals surface area contributed by atoms with Crippen LogP contribution in [0.1, 0.15) is 23.7 Å². The van der Waals surface area contributed by atoms with Crippen molar-refractivity contribution in [2.24, 2.45) is 0 Å². The number of imidazole rings is 1. The van der Waals surface area contributed by atoms with Gasteiger partial charge in [0.2, 0.25) is 0 Å². The van der Waals surface area contributed by atoms with Crippen LogP contribution in [-0.2, 0) is 13.1 Å². The van der Waals surface area contributed by atoms with Crippen LogP contribution in [0.4, 0.5) is 0 Å². The summed E-state index contributed by atoms with van der Waals surface area (Å²) in [5.74, 6) is -0.0716.